The molecule has 1 aromatic heterocycles. The van der Waals surface area contributed by atoms with E-state index in [0.717, 1.165) is 0 Å². The summed E-state index contributed by atoms with van der Waals surface area (Å²) in [4.78, 5) is 17.2. The molecule has 0 atom stereocenters. The highest BCUT2D eigenvalue weighted by Crippen LogP contribution is 2.06. The van der Waals surface area contributed by atoms with Crippen LogP contribution >= 0.6 is 0 Å². The van der Waals surface area contributed by atoms with E-state index >= 15 is 0 Å². The predicted octanol–water partition coefficient (Wildman–Crippen LogP) is 0.511. The molecule has 1 saturated heterocycles. The largest absolute Gasteiger partial charge is 0.359 e. The monoisotopic (exact) mass is 178 g/mol. The zero-order valence-electron chi connectivity index (χ0n) is 7.14. The number of carbonyl (C=O) groups excluding carboxylic acids is 1. The first-order valence-corrected chi connectivity index (χ1v) is 4.15. The third-order valence-electron chi connectivity index (χ3n) is 1.97. The van der Waals surface area contributed by atoms with Crippen LogP contribution in [0.4, 0.5) is 0 Å². The van der Waals surface area contributed by atoms with Crippen LogP contribution in [-0.2, 0) is 4.74 Å². The predicted molar refractivity (Wildman–Crippen MR) is 46.1 cm³/mol. The lowest BCUT2D eigenvalue weighted by atomic mass is 10.2. The lowest BCUT2D eigenvalue weighted by Crippen LogP contribution is -2.28. The minimum Gasteiger partial charge on any atom is -0.359 e. The molecule has 13 heavy (non-hydrogen) atoms. The zero-order chi connectivity index (χ0) is 9.10. The molecule has 2 heterocycles. The summed E-state index contributed by atoms with van der Waals surface area (Å²) < 4.78 is 5.09. The van der Waals surface area contributed by atoms with E-state index in [2.05, 4.69) is 4.98 Å². The van der Waals surface area contributed by atoms with Gasteiger partial charge in [0.15, 0.2) is 0 Å². The fourth-order valence-corrected chi connectivity index (χ4v) is 1.25. The van der Waals surface area contributed by atoms with Crippen LogP contribution in [0, 0.1) is 0 Å². The van der Waals surface area contributed by atoms with Gasteiger partial charge in [0.25, 0.3) is 5.91 Å². The van der Waals surface area contributed by atoms with Crippen molar-refractivity contribution in [1.29, 1.82) is 0 Å². The molecule has 4 nitrogen and oxygen atoms in total. The van der Waals surface area contributed by atoms with Crippen LogP contribution in [0.1, 0.15) is 10.4 Å². The van der Waals surface area contributed by atoms with Crippen molar-refractivity contribution in [3.8, 4) is 0 Å². The SMILES string of the molecule is O=C(c1ccncc1)N1CCOC1. The van der Waals surface area contributed by atoms with E-state index in [1.165, 1.54) is 0 Å². The Labute approximate surface area is 76.1 Å². The van der Waals surface area contributed by atoms with E-state index in [9.17, 15) is 4.79 Å². The standard InChI is InChI=1S/C9H10N2O2/c12-9(11-5-6-13-7-11)8-1-3-10-4-2-8/h1-4H,5-7H2. The number of aromatic nitrogens is 1. The highest BCUT2D eigenvalue weighted by Gasteiger charge is 2.19. The summed E-state index contributed by atoms with van der Waals surface area (Å²) in [5, 5.41) is 0. The van der Waals surface area contributed by atoms with Gasteiger partial charge < -0.3 is 9.64 Å². The number of nitrogens with zero attached hydrogens (tertiary/aromatic N) is 2. The van der Waals surface area contributed by atoms with E-state index in [1.807, 2.05) is 0 Å². The van der Waals surface area contributed by atoms with Gasteiger partial charge in [-0.3, -0.25) is 9.78 Å². The minimum absolute atomic E-state index is 0.0138. The Morgan fingerprint density at radius 3 is 2.85 bits per heavy atom. The molecule has 68 valence electrons. The van der Waals surface area contributed by atoms with Gasteiger partial charge in [0.2, 0.25) is 0 Å². The first kappa shape index (κ1) is 8.19. The molecule has 0 spiro atoms. The maximum atomic E-state index is 11.7. The van der Waals surface area contributed by atoms with E-state index in [-0.39, 0.29) is 5.91 Å². The first-order valence-electron chi connectivity index (χ1n) is 4.15. The highest BCUT2D eigenvalue weighted by atomic mass is 16.5. The number of ether oxygens (including phenoxy) is 1. The minimum atomic E-state index is 0.0138. The van der Waals surface area contributed by atoms with Gasteiger partial charge in [-0.1, -0.05) is 0 Å². The van der Waals surface area contributed by atoms with Crippen LogP contribution in [-0.4, -0.2) is 35.7 Å². The number of amides is 1. The lowest BCUT2D eigenvalue weighted by molar-refractivity contribution is 0.0695. The first-order chi connectivity index (χ1) is 6.38. The molecule has 1 fully saturated rings. The van der Waals surface area contributed by atoms with Crippen LogP contribution in [0.25, 0.3) is 0 Å². The maximum Gasteiger partial charge on any atom is 0.255 e. The molecule has 0 bridgehead atoms. The van der Waals surface area contributed by atoms with Gasteiger partial charge in [-0.15, -0.1) is 0 Å². The molecule has 1 aliphatic rings. The van der Waals surface area contributed by atoms with E-state index in [4.69, 9.17) is 4.74 Å². The molecule has 0 aromatic carbocycles. The van der Waals surface area contributed by atoms with Crippen LogP contribution in [0.5, 0.6) is 0 Å². The Morgan fingerprint density at radius 2 is 2.23 bits per heavy atom. The molecular weight excluding hydrogens is 168 g/mol. The van der Waals surface area contributed by atoms with Crippen molar-refractivity contribution in [2.75, 3.05) is 19.9 Å². The smallest absolute Gasteiger partial charge is 0.255 e. The van der Waals surface area contributed by atoms with Crippen LogP contribution in [0.15, 0.2) is 24.5 Å². The van der Waals surface area contributed by atoms with Crippen molar-refractivity contribution in [3.63, 3.8) is 0 Å². The Balaban J connectivity index is 2.13. The van der Waals surface area contributed by atoms with Gasteiger partial charge in [0, 0.05) is 24.5 Å². The summed E-state index contributed by atoms with van der Waals surface area (Å²) in [5.74, 6) is 0.0138. The number of pyridine rings is 1. The Morgan fingerprint density at radius 1 is 1.46 bits per heavy atom. The van der Waals surface area contributed by atoms with Gasteiger partial charge >= 0.3 is 0 Å². The van der Waals surface area contributed by atoms with Crippen molar-refractivity contribution in [2.45, 2.75) is 0 Å². The summed E-state index contributed by atoms with van der Waals surface area (Å²) in [5.41, 5.74) is 0.667. The number of hydrogen-bond donors (Lipinski definition) is 0. The molecule has 1 aliphatic heterocycles. The van der Waals surface area contributed by atoms with E-state index < -0.39 is 0 Å². The molecule has 0 aliphatic carbocycles. The fourth-order valence-electron chi connectivity index (χ4n) is 1.25. The molecule has 0 radical (unpaired) electrons. The second kappa shape index (κ2) is 3.53. The average molecular weight is 178 g/mol. The summed E-state index contributed by atoms with van der Waals surface area (Å²) in [6, 6.07) is 3.42. The second-order valence-electron chi connectivity index (χ2n) is 2.84. The highest BCUT2D eigenvalue weighted by molar-refractivity contribution is 5.94. The molecule has 0 saturated carbocycles. The van der Waals surface area contributed by atoms with Crippen molar-refractivity contribution in [1.82, 2.24) is 9.88 Å². The summed E-state index contributed by atoms with van der Waals surface area (Å²) in [6.07, 6.45) is 3.23. The third-order valence-corrected chi connectivity index (χ3v) is 1.97. The number of rotatable bonds is 1. The molecule has 1 aromatic rings. The molecule has 1 amide bonds. The van der Waals surface area contributed by atoms with Crippen molar-refractivity contribution >= 4 is 5.91 Å². The van der Waals surface area contributed by atoms with E-state index in [0.29, 0.717) is 25.4 Å². The zero-order valence-corrected chi connectivity index (χ0v) is 7.14. The lowest BCUT2D eigenvalue weighted by Gasteiger charge is -2.12. The third kappa shape index (κ3) is 1.67. The Kier molecular flexibility index (Phi) is 2.23. The normalized spacial score (nSPS) is 16.2. The second-order valence-corrected chi connectivity index (χ2v) is 2.84. The van der Waals surface area contributed by atoms with Crippen LogP contribution in [0.3, 0.4) is 0 Å². The number of hydrogen-bond acceptors (Lipinski definition) is 3. The topological polar surface area (TPSA) is 42.4 Å². The summed E-state index contributed by atoms with van der Waals surface area (Å²) in [6.45, 7) is 1.72. The van der Waals surface area contributed by atoms with Gasteiger partial charge in [-0.05, 0) is 12.1 Å². The molecule has 4 heteroatoms. The van der Waals surface area contributed by atoms with Crippen molar-refractivity contribution in [2.24, 2.45) is 0 Å². The van der Waals surface area contributed by atoms with Crippen molar-refractivity contribution < 1.29 is 9.53 Å². The molecule has 0 unspecified atom stereocenters. The van der Waals surface area contributed by atoms with Gasteiger partial charge in [-0.25, -0.2) is 0 Å². The molecule has 0 N–H and O–H groups in total. The van der Waals surface area contributed by atoms with E-state index in [1.54, 1.807) is 29.4 Å². The molecule has 2 rings (SSSR count). The Hall–Kier alpha value is -1.42. The quantitative estimate of drug-likeness (QED) is 0.629. The van der Waals surface area contributed by atoms with Gasteiger partial charge in [-0.2, -0.15) is 0 Å². The number of carbonyl (C=O) groups is 1. The van der Waals surface area contributed by atoms with Crippen LogP contribution in [0.2, 0.25) is 0 Å². The van der Waals surface area contributed by atoms with Gasteiger partial charge in [0.05, 0.1) is 6.61 Å². The fraction of sp³-hybridized carbons (Fsp3) is 0.333. The van der Waals surface area contributed by atoms with Crippen LogP contribution < -0.4 is 0 Å². The summed E-state index contributed by atoms with van der Waals surface area (Å²) in [7, 11) is 0. The maximum absolute atomic E-state index is 11.7. The summed E-state index contributed by atoms with van der Waals surface area (Å²) >= 11 is 0. The molecular formula is C9H10N2O2. The van der Waals surface area contributed by atoms with Crippen molar-refractivity contribution in [3.05, 3.63) is 30.1 Å². The van der Waals surface area contributed by atoms with Gasteiger partial charge in [0.1, 0.15) is 6.73 Å². The Bertz CT molecular complexity index is 294. The average Bonchev–Trinajstić information content (AvgIpc) is 2.71.